The number of nitrogens with zero attached hydrogens (tertiary/aromatic N) is 3. The van der Waals surface area contributed by atoms with Crippen molar-refractivity contribution in [1.82, 2.24) is 9.47 Å². The van der Waals surface area contributed by atoms with Crippen LogP contribution in [0.4, 0.5) is 5.69 Å². The van der Waals surface area contributed by atoms with Crippen LogP contribution < -0.4 is 14.4 Å². The van der Waals surface area contributed by atoms with Crippen LogP contribution in [0.2, 0.25) is 18.1 Å². The molecule has 2 aromatic carbocycles. The van der Waals surface area contributed by atoms with E-state index in [0.29, 0.717) is 26.2 Å². The van der Waals surface area contributed by atoms with Gasteiger partial charge in [0.2, 0.25) is 0 Å². The lowest BCUT2D eigenvalue weighted by atomic mass is 10.0. The molecule has 39 heavy (non-hydrogen) atoms. The van der Waals surface area contributed by atoms with Crippen LogP contribution in [0.3, 0.4) is 0 Å². The molecule has 1 fully saturated rings. The summed E-state index contributed by atoms with van der Waals surface area (Å²) in [5, 5.41) is 0.165. The summed E-state index contributed by atoms with van der Waals surface area (Å²) >= 11 is 0. The number of benzene rings is 2. The summed E-state index contributed by atoms with van der Waals surface area (Å²) in [7, 11) is 1.48. The van der Waals surface area contributed by atoms with Crippen molar-refractivity contribution in [3.63, 3.8) is 0 Å². The summed E-state index contributed by atoms with van der Waals surface area (Å²) in [6, 6.07) is 16.1. The van der Waals surface area contributed by atoms with Gasteiger partial charge < -0.3 is 28.3 Å². The third-order valence-corrected chi connectivity index (χ3v) is 12.6. The Morgan fingerprint density at radius 3 is 2.08 bits per heavy atom. The first kappa shape index (κ1) is 28.8. The predicted molar refractivity (Wildman–Crippen MR) is 161 cm³/mol. The Kier molecular flexibility index (Phi) is 8.76. The highest BCUT2D eigenvalue weighted by molar-refractivity contribution is 6.74. The van der Waals surface area contributed by atoms with Crippen molar-refractivity contribution < 1.29 is 18.7 Å². The van der Waals surface area contributed by atoms with Gasteiger partial charge in [0, 0.05) is 74.6 Å². The predicted octanol–water partition coefficient (Wildman–Crippen LogP) is 6.16. The molecule has 0 aliphatic carbocycles. The van der Waals surface area contributed by atoms with Crippen molar-refractivity contribution >= 4 is 19.9 Å². The lowest BCUT2D eigenvalue weighted by Crippen LogP contribution is -2.48. The molecule has 7 nitrogen and oxygen atoms in total. The van der Waals surface area contributed by atoms with Crippen molar-refractivity contribution in [2.45, 2.75) is 45.4 Å². The third-order valence-electron chi connectivity index (χ3n) is 8.08. The first-order valence-electron chi connectivity index (χ1n) is 13.7. The first-order chi connectivity index (χ1) is 18.5. The molecule has 4 rings (SSSR count). The van der Waals surface area contributed by atoms with E-state index in [4.69, 9.17) is 13.9 Å². The van der Waals surface area contributed by atoms with Gasteiger partial charge >= 0.3 is 0 Å². The second kappa shape index (κ2) is 11.9. The number of ether oxygens (including phenoxy) is 2. The zero-order chi connectivity index (χ0) is 28.2. The molecular formula is C31H43N3O4Si. The number of carbonyl (C=O) groups is 1. The van der Waals surface area contributed by atoms with Gasteiger partial charge in [0.15, 0.2) is 8.32 Å². The molecule has 0 spiro atoms. The summed E-state index contributed by atoms with van der Waals surface area (Å²) < 4.78 is 19.4. The molecular weight excluding hydrogens is 506 g/mol. The summed E-state index contributed by atoms with van der Waals surface area (Å²) in [6.07, 6.45) is 4.09. The van der Waals surface area contributed by atoms with Gasteiger partial charge in [-0.25, -0.2) is 0 Å². The number of anilines is 1. The molecule has 0 radical (unpaired) electrons. The van der Waals surface area contributed by atoms with Gasteiger partial charge in [0.25, 0.3) is 5.91 Å². The number of amides is 1. The Morgan fingerprint density at radius 1 is 0.897 bits per heavy atom. The lowest BCUT2D eigenvalue weighted by molar-refractivity contribution is 0.0747. The van der Waals surface area contributed by atoms with Crippen molar-refractivity contribution in [3.8, 4) is 22.6 Å². The molecule has 210 valence electrons. The molecule has 0 atom stereocenters. The molecule has 0 bridgehead atoms. The van der Waals surface area contributed by atoms with Crippen molar-refractivity contribution in [1.29, 1.82) is 0 Å². The van der Waals surface area contributed by atoms with E-state index in [-0.39, 0.29) is 10.9 Å². The normalized spacial score (nSPS) is 14.4. The zero-order valence-corrected chi connectivity index (χ0v) is 25.5. The van der Waals surface area contributed by atoms with Gasteiger partial charge in [0.1, 0.15) is 11.5 Å². The second-order valence-corrected chi connectivity index (χ2v) is 16.5. The fourth-order valence-electron chi connectivity index (χ4n) is 4.59. The maximum Gasteiger partial charge on any atom is 0.256 e. The molecule has 0 unspecified atom stereocenters. The number of carbonyl (C=O) groups excluding carboxylic acids is 1. The van der Waals surface area contributed by atoms with Gasteiger partial charge in [-0.15, -0.1) is 0 Å². The van der Waals surface area contributed by atoms with E-state index < -0.39 is 8.32 Å². The monoisotopic (exact) mass is 549 g/mol. The van der Waals surface area contributed by atoms with E-state index >= 15 is 0 Å². The van der Waals surface area contributed by atoms with E-state index in [1.165, 1.54) is 0 Å². The van der Waals surface area contributed by atoms with E-state index in [9.17, 15) is 4.79 Å². The Labute approximate surface area is 234 Å². The second-order valence-electron chi connectivity index (χ2n) is 11.6. The van der Waals surface area contributed by atoms with Crippen LogP contribution >= 0.6 is 0 Å². The van der Waals surface area contributed by atoms with Gasteiger partial charge in [-0.05, 0) is 23.7 Å². The van der Waals surface area contributed by atoms with E-state index in [2.05, 4.69) is 61.7 Å². The molecule has 2 heterocycles. The highest BCUT2D eigenvalue weighted by Crippen LogP contribution is 2.36. The summed E-state index contributed by atoms with van der Waals surface area (Å²) in [5.41, 5.74) is 3.79. The Morgan fingerprint density at radius 2 is 1.51 bits per heavy atom. The van der Waals surface area contributed by atoms with Crippen LogP contribution in [-0.4, -0.2) is 70.7 Å². The van der Waals surface area contributed by atoms with Crippen molar-refractivity contribution in [2.24, 2.45) is 0 Å². The summed E-state index contributed by atoms with van der Waals surface area (Å²) in [4.78, 5) is 18.1. The SMILES string of the molecule is COc1cc(OC)cc(N2CCN(C(=O)c3cn(CCO[Si](C)(C)C(C)(C)C)cc3-c3ccccc3)CC2)c1. The van der Waals surface area contributed by atoms with Crippen LogP contribution in [-0.2, 0) is 11.0 Å². The van der Waals surface area contributed by atoms with Crippen LogP contribution in [0.1, 0.15) is 31.1 Å². The summed E-state index contributed by atoms with van der Waals surface area (Å²) in [5.74, 6) is 1.59. The molecule has 1 saturated heterocycles. The average Bonchev–Trinajstić information content (AvgIpc) is 3.36. The minimum atomic E-state index is -1.83. The van der Waals surface area contributed by atoms with E-state index in [1.54, 1.807) is 14.2 Å². The maximum atomic E-state index is 13.8. The third kappa shape index (κ3) is 6.68. The Bertz CT molecular complexity index is 1240. The van der Waals surface area contributed by atoms with Gasteiger partial charge in [-0.3, -0.25) is 4.79 Å². The number of rotatable bonds is 9. The molecule has 8 heteroatoms. The van der Waals surface area contributed by atoms with Crippen LogP contribution in [0, 0.1) is 0 Å². The molecule has 0 saturated carbocycles. The topological polar surface area (TPSA) is 56.2 Å². The van der Waals surface area contributed by atoms with Crippen molar-refractivity contribution in [2.75, 3.05) is 51.9 Å². The molecule has 0 N–H and O–H groups in total. The highest BCUT2D eigenvalue weighted by atomic mass is 28.4. The zero-order valence-electron chi connectivity index (χ0n) is 24.5. The molecule has 1 amide bonds. The smallest absolute Gasteiger partial charge is 0.256 e. The molecule has 1 aromatic heterocycles. The van der Waals surface area contributed by atoms with Crippen LogP contribution in [0.25, 0.3) is 11.1 Å². The number of methoxy groups -OCH3 is 2. The lowest BCUT2D eigenvalue weighted by Gasteiger charge is -2.36. The number of hydrogen-bond donors (Lipinski definition) is 0. The quantitative estimate of drug-likeness (QED) is 0.300. The van der Waals surface area contributed by atoms with E-state index in [1.807, 2.05) is 47.5 Å². The van der Waals surface area contributed by atoms with Crippen molar-refractivity contribution in [3.05, 3.63) is 66.5 Å². The standard InChI is InChI=1S/C31H43N3O4Si/c1-31(2,3)39(6,7)38-18-17-32-22-28(24-11-9-8-10-12-24)29(23-32)30(35)34-15-13-33(14-16-34)25-19-26(36-4)21-27(20-25)37-5/h8-12,19-23H,13-18H2,1-7H3. The van der Waals surface area contributed by atoms with Gasteiger partial charge in [0.05, 0.1) is 26.4 Å². The fraction of sp³-hybridized carbons (Fsp3) is 0.452. The fourth-order valence-corrected chi connectivity index (χ4v) is 5.63. The van der Waals surface area contributed by atoms with Gasteiger partial charge in [-0.1, -0.05) is 51.1 Å². The number of aromatic nitrogens is 1. The minimum Gasteiger partial charge on any atom is -0.497 e. The van der Waals surface area contributed by atoms with Crippen LogP contribution in [0.5, 0.6) is 11.5 Å². The highest BCUT2D eigenvalue weighted by Gasteiger charge is 2.37. The summed E-state index contributed by atoms with van der Waals surface area (Å²) in [6.45, 7) is 15.4. The van der Waals surface area contributed by atoms with E-state index in [0.717, 1.165) is 47.0 Å². The Balaban J connectivity index is 1.49. The molecule has 1 aliphatic rings. The molecule has 3 aromatic rings. The minimum absolute atomic E-state index is 0.0702. The Hall–Kier alpha value is -3.23. The van der Waals surface area contributed by atoms with Crippen LogP contribution in [0.15, 0.2) is 60.9 Å². The largest absolute Gasteiger partial charge is 0.497 e. The number of piperazine rings is 1. The molecule has 1 aliphatic heterocycles. The average molecular weight is 550 g/mol. The maximum absolute atomic E-state index is 13.8. The number of hydrogen-bond acceptors (Lipinski definition) is 5. The van der Waals surface area contributed by atoms with Gasteiger partial charge in [-0.2, -0.15) is 0 Å². The first-order valence-corrected chi connectivity index (χ1v) is 16.6.